The molecular weight excluding hydrogens is 348 g/mol. The van der Waals surface area contributed by atoms with Crippen molar-refractivity contribution in [2.75, 3.05) is 33.2 Å². The fraction of sp³-hybridized carbons (Fsp3) is 0.261. The van der Waals surface area contributed by atoms with Gasteiger partial charge >= 0.3 is 0 Å². The summed E-state index contributed by atoms with van der Waals surface area (Å²) in [7, 11) is 2.19. The molecule has 1 N–H and O–H groups in total. The number of hydrogen-bond donors (Lipinski definition) is 1. The van der Waals surface area contributed by atoms with Crippen LogP contribution in [-0.4, -0.2) is 53.0 Å². The third-order valence-electron chi connectivity index (χ3n) is 5.65. The molecule has 1 aromatic carbocycles. The first-order valence-corrected chi connectivity index (χ1v) is 9.76. The SMILES string of the molecule is CN1CCN(Cc2ccc(-c3cnc4[nH]cc(-c5ccoc5)c4c3)cc2)CC1. The molecule has 1 fully saturated rings. The lowest BCUT2D eigenvalue weighted by molar-refractivity contribution is 0.148. The van der Waals surface area contributed by atoms with Crippen molar-refractivity contribution < 1.29 is 4.42 Å². The zero-order valence-electron chi connectivity index (χ0n) is 16.1. The van der Waals surface area contributed by atoms with E-state index in [1.54, 1.807) is 12.5 Å². The Morgan fingerprint density at radius 2 is 1.82 bits per heavy atom. The summed E-state index contributed by atoms with van der Waals surface area (Å²) in [6, 6.07) is 13.1. The van der Waals surface area contributed by atoms with E-state index >= 15 is 0 Å². The molecule has 0 radical (unpaired) electrons. The van der Waals surface area contributed by atoms with Crippen LogP contribution in [0.4, 0.5) is 0 Å². The first kappa shape index (κ1) is 17.2. The molecule has 4 heterocycles. The van der Waals surface area contributed by atoms with Gasteiger partial charge in [-0.3, -0.25) is 4.90 Å². The van der Waals surface area contributed by atoms with Gasteiger partial charge in [-0.2, -0.15) is 0 Å². The maximum atomic E-state index is 5.24. The number of fused-ring (bicyclic) bond motifs is 1. The Labute approximate surface area is 164 Å². The monoisotopic (exact) mass is 372 g/mol. The van der Waals surface area contributed by atoms with Crippen LogP contribution in [0.5, 0.6) is 0 Å². The summed E-state index contributed by atoms with van der Waals surface area (Å²) in [5, 5.41) is 1.11. The van der Waals surface area contributed by atoms with Crippen LogP contribution >= 0.6 is 0 Å². The average Bonchev–Trinajstić information content (AvgIpc) is 3.39. The van der Waals surface area contributed by atoms with E-state index < -0.39 is 0 Å². The minimum absolute atomic E-state index is 0.895. The number of likely N-dealkylation sites (N-methyl/N-ethyl adjacent to an activating group) is 1. The summed E-state index contributed by atoms with van der Waals surface area (Å²) in [4.78, 5) is 12.8. The molecule has 4 aromatic rings. The van der Waals surface area contributed by atoms with Gasteiger partial charge in [0.1, 0.15) is 5.65 Å². The van der Waals surface area contributed by atoms with Gasteiger partial charge < -0.3 is 14.3 Å². The van der Waals surface area contributed by atoms with Crippen molar-refractivity contribution in [2.45, 2.75) is 6.54 Å². The molecule has 28 heavy (non-hydrogen) atoms. The van der Waals surface area contributed by atoms with Crippen LogP contribution in [0, 0.1) is 0 Å². The van der Waals surface area contributed by atoms with E-state index in [0.717, 1.165) is 60.4 Å². The molecule has 142 valence electrons. The van der Waals surface area contributed by atoms with Crippen LogP contribution in [0.25, 0.3) is 33.3 Å². The Hall–Kier alpha value is -2.89. The molecule has 0 aliphatic carbocycles. The minimum Gasteiger partial charge on any atom is -0.472 e. The van der Waals surface area contributed by atoms with E-state index in [-0.39, 0.29) is 0 Å². The predicted octanol–water partition coefficient (Wildman–Crippen LogP) is 4.24. The molecule has 0 atom stereocenters. The third kappa shape index (κ3) is 3.35. The largest absolute Gasteiger partial charge is 0.472 e. The van der Waals surface area contributed by atoms with Crippen LogP contribution < -0.4 is 0 Å². The van der Waals surface area contributed by atoms with Gasteiger partial charge in [0.2, 0.25) is 0 Å². The number of hydrogen-bond acceptors (Lipinski definition) is 4. The summed E-state index contributed by atoms with van der Waals surface area (Å²) in [5.74, 6) is 0. The van der Waals surface area contributed by atoms with Crippen molar-refractivity contribution in [3.8, 4) is 22.3 Å². The Morgan fingerprint density at radius 3 is 2.57 bits per heavy atom. The highest BCUT2D eigenvalue weighted by atomic mass is 16.3. The zero-order valence-corrected chi connectivity index (χ0v) is 16.1. The van der Waals surface area contributed by atoms with Crippen molar-refractivity contribution in [3.63, 3.8) is 0 Å². The van der Waals surface area contributed by atoms with Crippen LogP contribution in [-0.2, 0) is 6.54 Å². The lowest BCUT2D eigenvalue weighted by Crippen LogP contribution is -2.43. The quantitative estimate of drug-likeness (QED) is 0.582. The van der Waals surface area contributed by atoms with Gasteiger partial charge in [0.05, 0.1) is 12.5 Å². The molecule has 1 saturated heterocycles. The molecule has 3 aromatic heterocycles. The highest BCUT2D eigenvalue weighted by Crippen LogP contribution is 2.31. The fourth-order valence-electron chi connectivity index (χ4n) is 3.88. The maximum Gasteiger partial charge on any atom is 0.137 e. The highest BCUT2D eigenvalue weighted by molar-refractivity contribution is 5.95. The second-order valence-electron chi connectivity index (χ2n) is 7.61. The molecule has 0 saturated carbocycles. The topological polar surface area (TPSA) is 48.3 Å². The Balaban J connectivity index is 1.38. The summed E-state index contributed by atoms with van der Waals surface area (Å²) < 4.78 is 5.24. The lowest BCUT2D eigenvalue weighted by atomic mass is 10.0. The number of rotatable bonds is 4. The molecule has 0 unspecified atom stereocenters. The predicted molar refractivity (Wildman–Crippen MR) is 112 cm³/mol. The number of aromatic nitrogens is 2. The molecule has 1 aliphatic rings. The second kappa shape index (κ2) is 7.26. The Bertz CT molecular complexity index is 1060. The number of pyridine rings is 1. The number of piperazine rings is 1. The van der Waals surface area contributed by atoms with E-state index in [2.05, 4.69) is 57.1 Å². The van der Waals surface area contributed by atoms with Crippen molar-refractivity contribution in [2.24, 2.45) is 0 Å². The fourth-order valence-corrected chi connectivity index (χ4v) is 3.88. The van der Waals surface area contributed by atoms with Crippen molar-refractivity contribution >= 4 is 11.0 Å². The second-order valence-corrected chi connectivity index (χ2v) is 7.61. The number of nitrogens with one attached hydrogen (secondary N) is 1. The van der Waals surface area contributed by atoms with Crippen LogP contribution in [0.15, 0.2) is 65.7 Å². The Morgan fingerprint density at radius 1 is 1.00 bits per heavy atom. The number of benzene rings is 1. The molecule has 5 rings (SSSR count). The third-order valence-corrected chi connectivity index (χ3v) is 5.65. The van der Waals surface area contributed by atoms with Gasteiger partial charge in [0, 0.05) is 67.2 Å². The lowest BCUT2D eigenvalue weighted by Gasteiger charge is -2.32. The summed E-state index contributed by atoms with van der Waals surface area (Å²) >= 11 is 0. The van der Waals surface area contributed by atoms with Gasteiger partial charge in [0.15, 0.2) is 0 Å². The summed E-state index contributed by atoms with van der Waals surface area (Å²) in [5.41, 5.74) is 6.76. The Kier molecular flexibility index (Phi) is 4.47. The van der Waals surface area contributed by atoms with Crippen molar-refractivity contribution in [1.82, 2.24) is 19.8 Å². The number of H-pyrrole nitrogens is 1. The normalized spacial score (nSPS) is 16.0. The van der Waals surface area contributed by atoms with E-state index in [9.17, 15) is 0 Å². The summed E-state index contributed by atoms with van der Waals surface area (Å²) in [6.07, 6.45) is 7.39. The van der Waals surface area contributed by atoms with Crippen LogP contribution in [0.3, 0.4) is 0 Å². The molecule has 5 heteroatoms. The van der Waals surface area contributed by atoms with E-state index in [4.69, 9.17) is 4.42 Å². The molecule has 5 nitrogen and oxygen atoms in total. The molecule has 0 amide bonds. The molecule has 0 spiro atoms. The van der Waals surface area contributed by atoms with Gasteiger partial charge in [-0.1, -0.05) is 24.3 Å². The van der Waals surface area contributed by atoms with Gasteiger partial charge in [-0.15, -0.1) is 0 Å². The van der Waals surface area contributed by atoms with E-state index in [0.29, 0.717) is 0 Å². The molecular formula is C23H24N4O. The zero-order chi connectivity index (χ0) is 18.9. The first-order chi connectivity index (χ1) is 13.8. The minimum atomic E-state index is 0.895. The standard InChI is InChI=1S/C23H24N4O/c1-26-7-9-27(10-8-26)15-17-2-4-18(5-3-17)20-12-21-22(19-6-11-28-16-19)14-25-23(21)24-13-20/h2-6,11-14,16H,7-10,15H2,1H3,(H,24,25). The van der Waals surface area contributed by atoms with Crippen molar-refractivity contribution in [3.05, 3.63) is 66.9 Å². The maximum absolute atomic E-state index is 5.24. The van der Waals surface area contributed by atoms with E-state index in [1.807, 2.05) is 18.5 Å². The van der Waals surface area contributed by atoms with Crippen LogP contribution in [0.1, 0.15) is 5.56 Å². The summed E-state index contributed by atoms with van der Waals surface area (Å²) in [6.45, 7) is 5.61. The number of furan rings is 1. The first-order valence-electron chi connectivity index (χ1n) is 9.76. The van der Waals surface area contributed by atoms with Gasteiger partial charge in [-0.25, -0.2) is 4.98 Å². The van der Waals surface area contributed by atoms with Crippen LogP contribution in [0.2, 0.25) is 0 Å². The molecule has 1 aliphatic heterocycles. The van der Waals surface area contributed by atoms with Crippen molar-refractivity contribution in [1.29, 1.82) is 0 Å². The van der Waals surface area contributed by atoms with E-state index in [1.165, 1.54) is 11.1 Å². The number of aromatic amines is 1. The van der Waals surface area contributed by atoms with Gasteiger partial charge in [0.25, 0.3) is 0 Å². The number of nitrogens with zero attached hydrogens (tertiary/aromatic N) is 3. The molecule has 0 bridgehead atoms. The smallest absolute Gasteiger partial charge is 0.137 e. The highest BCUT2D eigenvalue weighted by Gasteiger charge is 2.14. The average molecular weight is 372 g/mol. The van der Waals surface area contributed by atoms with Gasteiger partial charge in [-0.05, 0) is 30.3 Å².